The van der Waals surface area contributed by atoms with Crippen LogP contribution in [0.2, 0.25) is 0 Å². The first kappa shape index (κ1) is 16.5. The van der Waals surface area contributed by atoms with Crippen LogP contribution in [-0.4, -0.2) is 29.3 Å². The average Bonchev–Trinajstić information content (AvgIpc) is 2.76. The summed E-state index contributed by atoms with van der Waals surface area (Å²) in [5, 5.41) is 13.9. The monoisotopic (exact) mass is 379 g/mol. The van der Waals surface area contributed by atoms with Crippen molar-refractivity contribution in [2.45, 2.75) is 51.2 Å². The van der Waals surface area contributed by atoms with Crippen LogP contribution < -0.4 is 5.32 Å². The molecule has 4 nitrogen and oxygen atoms in total. The van der Waals surface area contributed by atoms with E-state index >= 15 is 0 Å². The maximum Gasteiger partial charge on any atom is 0.256 e. The van der Waals surface area contributed by atoms with Gasteiger partial charge in [0, 0.05) is 11.1 Å². The summed E-state index contributed by atoms with van der Waals surface area (Å²) in [6.07, 6.45) is 3.36. The molecule has 1 heterocycles. The van der Waals surface area contributed by atoms with Crippen molar-refractivity contribution in [3.8, 4) is 0 Å². The molecule has 0 radical (unpaired) electrons. The number of hydrogen-bond donors (Lipinski definition) is 2. The van der Waals surface area contributed by atoms with E-state index in [0.29, 0.717) is 25.0 Å². The average molecular weight is 380 g/mol. The molecule has 0 unspecified atom stereocenters. The summed E-state index contributed by atoms with van der Waals surface area (Å²) in [6, 6.07) is 5.78. The first-order valence-electron chi connectivity index (χ1n) is 8.11. The Balaban J connectivity index is 1.94. The van der Waals surface area contributed by atoms with Crippen LogP contribution in [0, 0.1) is 6.92 Å². The number of hydrogen-bond acceptors (Lipinski definition) is 3. The van der Waals surface area contributed by atoms with Crippen LogP contribution in [0.1, 0.15) is 43.7 Å². The van der Waals surface area contributed by atoms with E-state index in [-0.39, 0.29) is 17.8 Å². The van der Waals surface area contributed by atoms with Crippen molar-refractivity contribution in [3.63, 3.8) is 0 Å². The SMILES string of the molecule is CCOC1CCC2(CC1)NC(=O)C(c1cc(Br)ccc1C)=C2O. The van der Waals surface area contributed by atoms with Crippen molar-refractivity contribution in [2.24, 2.45) is 0 Å². The minimum Gasteiger partial charge on any atom is -0.509 e. The fourth-order valence-electron chi connectivity index (χ4n) is 3.65. The van der Waals surface area contributed by atoms with Crippen molar-refractivity contribution in [1.82, 2.24) is 5.32 Å². The van der Waals surface area contributed by atoms with Gasteiger partial charge in [0.05, 0.1) is 17.2 Å². The highest BCUT2D eigenvalue weighted by molar-refractivity contribution is 9.10. The molecule has 3 rings (SSSR count). The Bertz CT molecular complexity index is 660. The summed E-state index contributed by atoms with van der Waals surface area (Å²) in [5.41, 5.74) is 1.57. The fraction of sp³-hybridized carbons (Fsp3) is 0.500. The van der Waals surface area contributed by atoms with Gasteiger partial charge in [-0.15, -0.1) is 0 Å². The van der Waals surface area contributed by atoms with Gasteiger partial charge in [0.1, 0.15) is 5.76 Å². The maximum atomic E-state index is 12.6. The van der Waals surface area contributed by atoms with Gasteiger partial charge in [0.15, 0.2) is 0 Å². The number of aryl methyl sites for hydroxylation is 1. The van der Waals surface area contributed by atoms with Gasteiger partial charge in [-0.25, -0.2) is 0 Å². The van der Waals surface area contributed by atoms with Crippen molar-refractivity contribution in [3.05, 3.63) is 39.6 Å². The summed E-state index contributed by atoms with van der Waals surface area (Å²) < 4.78 is 6.57. The first-order valence-corrected chi connectivity index (χ1v) is 8.90. The van der Waals surface area contributed by atoms with Gasteiger partial charge in [-0.1, -0.05) is 22.0 Å². The first-order chi connectivity index (χ1) is 11.0. The van der Waals surface area contributed by atoms with Crippen LogP contribution in [-0.2, 0) is 9.53 Å². The summed E-state index contributed by atoms with van der Waals surface area (Å²) in [6.45, 7) is 4.65. The highest BCUT2D eigenvalue weighted by atomic mass is 79.9. The topological polar surface area (TPSA) is 58.6 Å². The predicted molar refractivity (Wildman–Crippen MR) is 93.2 cm³/mol. The van der Waals surface area contributed by atoms with Gasteiger partial charge in [0.2, 0.25) is 0 Å². The zero-order chi connectivity index (χ0) is 16.6. The highest BCUT2D eigenvalue weighted by Crippen LogP contribution is 2.42. The Morgan fingerprint density at radius 1 is 1.39 bits per heavy atom. The second-order valence-electron chi connectivity index (χ2n) is 6.37. The van der Waals surface area contributed by atoms with Crippen LogP contribution in [0.15, 0.2) is 28.4 Å². The lowest BCUT2D eigenvalue weighted by molar-refractivity contribution is -0.116. The number of aliphatic hydroxyl groups is 1. The van der Waals surface area contributed by atoms with Gasteiger partial charge in [0.25, 0.3) is 5.91 Å². The van der Waals surface area contributed by atoms with Gasteiger partial charge < -0.3 is 15.2 Å². The van der Waals surface area contributed by atoms with E-state index in [1.165, 1.54) is 0 Å². The largest absolute Gasteiger partial charge is 0.509 e. The lowest BCUT2D eigenvalue weighted by Gasteiger charge is -2.36. The number of halogens is 1. The molecule has 2 N–H and O–H groups in total. The maximum absolute atomic E-state index is 12.6. The van der Waals surface area contributed by atoms with Crippen LogP contribution in [0.5, 0.6) is 0 Å². The molecule has 0 saturated heterocycles. The molecule has 124 valence electrons. The van der Waals surface area contributed by atoms with E-state index < -0.39 is 5.54 Å². The molecule has 1 spiro atoms. The lowest BCUT2D eigenvalue weighted by Crippen LogP contribution is -2.48. The van der Waals surface area contributed by atoms with Gasteiger partial charge >= 0.3 is 0 Å². The Hall–Kier alpha value is -1.33. The van der Waals surface area contributed by atoms with Gasteiger partial charge in [-0.05, 0) is 62.8 Å². The minimum atomic E-state index is -0.616. The van der Waals surface area contributed by atoms with Gasteiger partial charge in [-0.2, -0.15) is 0 Å². The second-order valence-corrected chi connectivity index (χ2v) is 7.29. The third-order valence-corrected chi connectivity index (χ3v) is 5.42. The molecule has 0 aromatic heterocycles. The normalized spacial score (nSPS) is 27.6. The Kier molecular flexibility index (Phi) is 4.52. The van der Waals surface area contributed by atoms with Crippen molar-refractivity contribution in [2.75, 3.05) is 6.61 Å². The molecule has 1 aliphatic heterocycles. The Labute approximate surface area is 145 Å². The summed E-state index contributed by atoms with van der Waals surface area (Å²) >= 11 is 3.44. The molecule has 0 bridgehead atoms. The number of nitrogens with one attached hydrogen (secondary N) is 1. The van der Waals surface area contributed by atoms with Crippen LogP contribution >= 0.6 is 15.9 Å². The number of carbonyl (C=O) groups is 1. The van der Waals surface area contributed by atoms with Crippen LogP contribution in [0.4, 0.5) is 0 Å². The molecule has 1 fully saturated rings. The third kappa shape index (κ3) is 2.92. The van der Waals surface area contributed by atoms with Crippen LogP contribution in [0.25, 0.3) is 5.57 Å². The molecule has 0 atom stereocenters. The predicted octanol–water partition coefficient (Wildman–Crippen LogP) is 3.87. The molecule has 1 aliphatic carbocycles. The smallest absolute Gasteiger partial charge is 0.256 e. The fourth-order valence-corrected chi connectivity index (χ4v) is 4.01. The summed E-state index contributed by atoms with van der Waals surface area (Å²) in [5.74, 6) is 0.0113. The molecule has 1 amide bonds. The van der Waals surface area contributed by atoms with E-state index in [0.717, 1.165) is 28.4 Å². The van der Waals surface area contributed by atoms with Crippen LogP contribution in [0.3, 0.4) is 0 Å². The summed E-state index contributed by atoms with van der Waals surface area (Å²) in [4.78, 5) is 12.6. The zero-order valence-electron chi connectivity index (χ0n) is 13.5. The highest BCUT2D eigenvalue weighted by Gasteiger charge is 2.48. The second kappa shape index (κ2) is 6.29. The Morgan fingerprint density at radius 2 is 2.09 bits per heavy atom. The number of ether oxygens (including phenoxy) is 1. The van der Waals surface area contributed by atoms with Gasteiger partial charge in [-0.3, -0.25) is 4.79 Å². The molecule has 1 aromatic rings. The Morgan fingerprint density at radius 3 is 2.74 bits per heavy atom. The quantitative estimate of drug-likeness (QED) is 0.837. The third-order valence-electron chi connectivity index (χ3n) is 4.93. The molecular weight excluding hydrogens is 358 g/mol. The standard InChI is InChI=1S/C18H22BrNO3/c1-3-23-13-6-8-18(9-7-13)16(21)15(17(22)20-18)14-10-12(19)5-4-11(14)2/h4-5,10,13,21H,3,6-9H2,1-2H3,(H,20,22). The van der Waals surface area contributed by atoms with E-state index in [9.17, 15) is 9.90 Å². The zero-order valence-corrected chi connectivity index (χ0v) is 15.1. The lowest BCUT2D eigenvalue weighted by atomic mass is 9.79. The molecule has 1 aromatic carbocycles. The molecular formula is C18H22BrNO3. The van der Waals surface area contributed by atoms with E-state index in [2.05, 4.69) is 21.2 Å². The molecule has 1 saturated carbocycles. The van der Waals surface area contributed by atoms with E-state index in [1.54, 1.807) is 0 Å². The van der Waals surface area contributed by atoms with Crippen molar-refractivity contribution in [1.29, 1.82) is 0 Å². The summed E-state index contributed by atoms with van der Waals surface area (Å²) in [7, 11) is 0. The van der Waals surface area contributed by atoms with Crippen molar-refractivity contribution < 1.29 is 14.6 Å². The molecule has 2 aliphatic rings. The number of rotatable bonds is 3. The van der Waals surface area contributed by atoms with Crippen molar-refractivity contribution >= 4 is 27.4 Å². The van der Waals surface area contributed by atoms with E-state index in [1.807, 2.05) is 32.0 Å². The minimum absolute atomic E-state index is 0.182. The number of amides is 1. The molecule has 23 heavy (non-hydrogen) atoms. The van der Waals surface area contributed by atoms with E-state index in [4.69, 9.17) is 4.74 Å². The number of carbonyl (C=O) groups excluding carboxylic acids is 1. The number of aliphatic hydroxyl groups excluding tert-OH is 1. The number of benzene rings is 1. The molecule has 5 heteroatoms.